The smallest absolute Gasteiger partial charge is 0.127 e. The van der Waals surface area contributed by atoms with Gasteiger partial charge in [-0.15, -0.1) is 0 Å². The van der Waals surface area contributed by atoms with Crippen molar-refractivity contribution in [1.29, 1.82) is 0 Å². The van der Waals surface area contributed by atoms with Crippen molar-refractivity contribution in [2.45, 2.75) is 52.1 Å². The Labute approximate surface area is 128 Å². The van der Waals surface area contributed by atoms with Crippen molar-refractivity contribution in [1.82, 2.24) is 10.2 Å². The Kier molecular flexibility index (Phi) is 6.19. The molecule has 1 aromatic rings. The molecule has 2 atom stereocenters. The lowest BCUT2D eigenvalue weighted by atomic mass is 9.93. The Bertz CT molecular complexity index is 433. The predicted octanol–water partition coefficient (Wildman–Crippen LogP) is 3.99. The monoisotopic (exact) mass is 292 g/mol. The zero-order chi connectivity index (χ0) is 15.2. The zero-order valence-electron chi connectivity index (χ0n) is 13.6. The molecule has 1 aliphatic heterocycles. The Hall–Kier alpha value is -0.930. The molecular weight excluding hydrogens is 263 g/mol. The van der Waals surface area contributed by atoms with Crippen LogP contribution in [-0.4, -0.2) is 30.6 Å². The van der Waals surface area contributed by atoms with Crippen molar-refractivity contribution in [3.63, 3.8) is 0 Å². The van der Waals surface area contributed by atoms with E-state index in [9.17, 15) is 4.39 Å². The van der Waals surface area contributed by atoms with Gasteiger partial charge in [-0.25, -0.2) is 4.39 Å². The summed E-state index contributed by atoms with van der Waals surface area (Å²) in [6, 6.07) is 8.00. The molecule has 1 saturated heterocycles. The molecular formula is C18H29FN2. The second-order valence-electron chi connectivity index (χ2n) is 6.51. The van der Waals surface area contributed by atoms with Gasteiger partial charge >= 0.3 is 0 Å². The molecule has 1 fully saturated rings. The SMILES string of the molecule is CCC(c1ccccc1F)N1CCCC(CNC(C)C)C1. The Morgan fingerprint density at radius 1 is 1.33 bits per heavy atom. The van der Waals surface area contributed by atoms with E-state index in [4.69, 9.17) is 0 Å². The van der Waals surface area contributed by atoms with Gasteiger partial charge in [-0.1, -0.05) is 39.0 Å². The van der Waals surface area contributed by atoms with Crippen molar-refractivity contribution in [3.8, 4) is 0 Å². The standard InChI is InChI=1S/C18H29FN2/c1-4-18(16-9-5-6-10-17(16)19)21-11-7-8-15(13-21)12-20-14(2)3/h5-6,9-10,14-15,18,20H,4,7-8,11-13H2,1-3H3. The number of hydrogen-bond donors (Lipinski definition) is 1. The van der Waals surface area contributed by atoms with Crippen LogP contribution in [-0.2, 0) is 0 Å². The van der Waals surface area contributed by atoms with Crippen LogP contribution < -0.4 is 5.32 Å². The van der Waals surface area contributed by atoms with Crippen LogP contribution in [0.3, 0.4) is 0 Å². The summed E-state index contributed by atoms with van der Waals surface area (Å²) in [5, 5.41) is 3.54. The van der Waals surface area contributed by atoms with E-state index < -0.39 is 0 Å². The molecule has 0 aliphatic carbocycles. The number of halogens is 1. The van der Waals surface area contributed by atoms with E-state index in [0.717, 1.165) is 31.6 Å². The fourth-order valence-electron chi connectivity index (χ4n) is 3.37. The minimum absolute atomic E-state index is 0.0632. The van der Waals surface area contributed by atoms with Crippen LogP contribution >= 0.6 is 0 Å². The molecule has 2 nitrogen and oxygen atoms in total. The lowest BCUT2D eigenvalue weighted by Gasteiger charge is -2.38. The summed E-state index contributed by atoms with van der Waals surface area (Å²) < 4.78 is 14.1. The molecule has 3 heteroatoms. The first-order valence-corrected chi connectivity index (χ1v) is 8.33. The molecule has 21 heavy (non-hydrogen) atoms. The number of likely N-dealkylation sites (tertiary alicyclic amines) is 1. The lowest BCUT2D eigenvalue weighted by Crippen LogP contribution is -2.42. The maximum Gasteiger partial charge on any atom is 0.127 e. The highest BCUT2D eigenvalue weighted by atomic mass is 19.1. The van der Waals surface area contributed by atoms with Gasteiger partial charge in [0.05, 0.1) is 0 Å². The van der Waals surface area contributed by atoms with Gasteiger partial charge in [0.25, 0.3) is 0 Å². The summed E-state index contributed by atoms with van der Waals surface area (Å²) in [7, 11) is 0. The second-order valence-corrected chi connectivity index (χ2v) is 6.51. The van der Waals surface area contributed by atoms with Gasteiger partial charge in [-0.2, -0.15) is 0 Å². The van der Waals surface area contributed by atoms with E-state index in [-0.39, 0.29) is 11.9 Å². The summed E-state index contributed by atoms with van der Waals surface area (Å²) >= 11 is 0. The third-order valence-corrected chi connectivity index (χ3v) is 4.46. The van der Waals surface area contributed by atoms with Gasteiger partial charge in [-0.3, -0.25) is 4.90 Å². The van der Waals surface area contributed by atoms with Crippen LogP contribution in [0, 0.1) is 11.7 Å². The largest absolute Gasteiger partial charge is 0.314 e. The van der Waals surface area contributed by atoms with Gasteiger partial charge < -0.3 is 5.32 Å². The van der Waals surface area contributed by atoms with Crippen molar-refractivity contribution in [2.75, 3.05) is 19.6 Å². The first-order valence-electron chi connectivity index (χ1n) is 8.33. The third kappa shape index (κ3) is 4.52. The molecule has 2 unspecified atom stereocenters. The molecule has 0 spiro atoms. The number of benzene rings is 1. The van der Waals surface area contributed by atoms with Crippen LogP contribution in [0.2, 0.25) is 0 Å². The fraction of sp³-hybridized carbons (Fsp3) is 0.667. The normalized spacial score (nSPS) is 21.7. The number of nitrogens with zero attached hydrogens (tertiary/aromatic N) is 1. The van der Waals surface area contributed by atoms with E-state index in [1.165, 1.54) is 12.8 Å². The summed E-state index contributed by atoms with van der Waals surface area (Å²) in [5.74, 6) is 0.619. The molecule has 0 radical (unpaired) electrons. The minimum atomic E-state index is -0.0632. The number of piperidine rings is 1. The molecule has 1 N–H and O–H groups in total. The number of rotatable bonds is 6. The molecule has 0 amide bonds. The highest BCUT2D eigenvalue weighted by molar-refractivity contribution is 5.21. The molecule has 0 bridgehead atoms. The Morgan fingerprint density at radius 2 is 2.10 bits per heavy atom. The van der Waals surface area contributed by atoms with E-state index in [1.807, 2.05) is 12.1 Å². The molecule has 1 aromatic carbocycles. The average Bonchev–Trinajstić information content (AvgIpc) is 2.48. The number of hydrogen-bond acceptors (Lipinski definition) is 2. The first kappa shape index (κ1) is 16.4. The molecule has 118 valence electrons. The van der Waals surface area contributed by atoms with Gasteiger partial charge in [0.2, 0.25) is 0 Å². The second kappa shape index (κ2) is 7.90. The maximum atomic E-state index is 14.1. The molecule has 1 heterocycles. The van der Waals surface area contributed by atoms with Gasteiger partial charge in [-0.05, 0) is 44.3 Å². The highest BCUT2D eigenvalue weighted by Gasteiger charge is 2.27. The summed E-state index contributed by atoms with van der Waals surface area (Å²) in [6.45, 7) is 9.77. The van der Waals surface area contributed by atoms with E-state index in [2.05, 4.69) is 31.0 Å². The lowest BCUT2D eigenvalue weighted by molar-refractivity contribution is 0.116. The van der Waals surface area contributed by atoms with Gasteiger partial charge in [0.15, 0.2) is 0 Å². The van der Waals surface area contributed by atoms with Crippen LogP contribution in [0.5, 0.6) is 0 Å². The van der Waals surface area contributed by atoms with Crippen molar-refractivity contribution in [2.24, 2.45) is 5.92 Å². The summed E-state index contributed by atoms with van der Waals surface area (Å²) in [6.07, 6.45) is 3.46. The fourth-order valence-corrected chi connectivity index (χ4v) is 3.37. The first-order chi connectivity index (χ1) is 10.1. The van der Waals surface area contributed by atoms with Crippen molar-refractivity contribution in [3.05, 3.63) is 35.6 Å². The van der Waals surface area contributed by atoms with Crippen LogP contribution in [0.1, 0.15) is 51.6 Å². The van der Waals surface area contributed by atoms with Crippen molar-refractivity contribution < 1.29 is 4.39 Å². The Balaban J connectivity index is 2.03. The van der Waals surface area contributed by atoms with Crippen LogP contribution in [0.4, 0.5) is 4.39 Å². The third-order valence-electron chi connectivity index (χ3n) is 4.46. The van der Waals surface area contributed by atoms with Gasteiger partial charge in [0, 0.05) is 24.2 Å². The van der Waals surface area contributed by atoms with Crippen LogP contribution in [0.15, 0.2) is 24.3 Å². The summed E-state index contributed by atoms with van der Waals surface area (Å²) in [4.78, 5) is 2.48. The Morgan fingerprint density at radius 3 is 2.76 bits per heavy atom. The quantitative estimate of drug-likeness (QED) is 0.853. The highest BCUT2D eigenvalue weighted by Crippen LogP contribution is 2.30. The summed E-state index contributed by atoms with van der Waals surface area (Å²) in [5.41, 5.74) is 0.859. The number of nitrogens with one attached hydrogen (secondary N) is 1. The van der Waals surface area contributed by atoms with E-state index >= 15 is 0 Å². The maximum absolute atomic E-state index is 14.1. The molecule has 2 rings (SSSR count). The average molecular weight is 292 g/mol. The van der Waals surface area contributed by atoms with E-state index in [1.54, 1.807) is 12.1 Å². The van der Waals surface area contributed by atoms with Crippen LogP contribution in [0.25, 0.3) is 0 Å². The van der Waals surface area contributed by atoms with Gasteiger partial charge in [0.1, 0.15) is 5.82 Å². The zero-order valence-corrected chi connectivity index (χ0v) is 13.6. The van der Waals surface area contributed by atoms with E-state index in [0.29, 0.717) is 12.0 Å². The molecule has 0 aromatic heterocycles. The topological polar surface area (TPSA) is 15.3 Å². The molecule has 0 saturated carbocycles. The molecule has 1 aliphatic rings. The van der Waals surface area contributed by atoms with Crippen molar-refractivity contribution >= 4 is 0 Å². The predicted molar refractivity (Wildman–Crippen MR) is 86.9 cm³/mol. The minimum Gasteiger partial charge on any atom is -0.314 e.